The molecule has 1 aromatic carbocycles. The maximum absolute atomic E-state index is 11.9. The first kappa shape index (κ1) is 15.8. The third-order valence-electron chi connectivity index (χ3n) is 2.60. The Kier molecular flexibility index (Phi) is 5.19. The molecule has 0 aliphatic rings. The molecular formula is C12H16O6S. The summed E-state index contributed by atoms with van der Waals surface area (Å²) in [6, 6.07) is 6.14. The second kappa shape index (κ2) is 6.25. The van der Waals surface area contributed by atoms with Gasteiger partial charge in [-0.25, -0.2) is 0 Å². The monoisotopic (exact) mass is 288 g/mol. The smallest absolute Gasteiger partial charge is 0.297 e. The van der Waals surface area contributed by atoms with Gasteiger partial charge < -0.3 is 9.47 Å². The number of aldehydes is 1. The summed E-state index contributed by atoms with van der Waals surface area (Å²) < 4.78 is 38.2. The standard InChI is InChI=1S/C12H16O6S/c1-10-4-6-11(7-5-10)19(14,15)18-9-12(8-13,16-2)17-3/h4-8H,9H2,1-3H3. The van der Waals surface area contributed by atoms with Gasteiger partial charge in [-0.3, -0.25) is 8.98 Å². The molecule has 0 aliphatic heterocycles. The number of benzene rings is 1. The summed E-state index contributed by atoms with van der Waals surface area (Å²) >= 11 is 0. The highest BCUT2D eigenvalue weighted by atomic mass is 32.2. The van der Waals surface area contributed by atoms with Crippen LogP contribution in [-0.2, 0) is 28.6 Å². The van der Waals surface area contributed by atoms with Crippen molar-refractivity contribution < 1.29 is 26.9 Å². The number of carbonyl (C=O) groups is 1. The fraction of sp³-hybridized carbons (Fsp3) is 0.417. The summed E-state index contributed by atoms with van der Waals surface area (Å²) in [5, 5.41) is 0. The van der Waals surface area contributed by atoms with Crippen molar-refractivity contribution >= 4 is 16.4 Å². The molecule has 7 heteroatoms. The quantitative estimate of drug-likeness (QED) is 0.421. The number of rotatable bonds is 7. The highest BCUT2D eigenvalue weighted by Crippen LogP contribution is 2.16. The minimum absolute atomic E-state index is 0.00473. The molecule has 0 aromatic heterocycles. The predicted molar refractivity (Wildman–Crippen MR) is 67.1 cm³/mol. The Balaban J connectivity index is 2.86. The lowest BCUT2D eigenvalue weighted by molar-refractivity contribution is -0.206. The number of methoxy groups -OCH3 is 2. The Morgan fingerprint density at radius 1 is 1.16 bits per heavy atom. The van der Waals surface area contributed by atoms with E-state index in [0.717, 1.165) is 5.56 Å². The summed E-state index contributed by atoms with van der Waals surface area (Å²) in [5.41, 5.74) is 0.926. The van der Waals surface area contributed by atoms with E-state index in [1.807, 2.05) is 6.92 Å². The molecule has 106 valence electrons. The molecule has 0 amide bonds. The van der Waals surface area contributed by atoms with Crippen LogP contribution in [0.4, 0.5) is 0 Å². The van der Waals surface area contributed by atoms with Crippen molar-refractivity contribution in [2.24, 2.45) is 0 Å². The van der Waals surface area contributed by atoms with Gasteiger partial charge in [0, 0.05) is 14.2 Å². The van der Waals surface area contributed by atoms with Gasteiger partial charge in [-0.15, -0.1) is 0 Å². The average molecular weight is 288 g/mol. The number of ether oxygens (including phenoxy) is 2. The first-order valence-corrected chi connectivity index (χ1v) is 6.83. The molecule has 6 nitrogen and oxygen atoms in total. The molecule has 0 atom stereocenters. The third-order valence-corrected chi connectivity index (χ3v) is 3.87. The zero-order chi connectivity index (χ0) is 14.5. The van der Waals surface area contributed by atoms with Crippen molar-refractivity contribution in [3.63, 3.8) is 0 Å². The Morgan fingerprint density at radius 2 is 1.68 bits per heavy atom. The van der Waals surface area contributed by atoms with Crippen LogP contribution in [0.5, 0.6) is 0 Å². The van der Waals surface area contributed by atoms with E-state index in [1.165, 1.54) is 26.4 Å². The molecule has 0 heterocycles. The number of hydrogen-bond acceptors (Lipinski definition) is 6. The molecule has 0 N–H and O–H groups in total. The van der Waals surface area contributed by atoms with E-state index < -0.39 is 22.5 Å². The maximum Gasteiger partial charge on any atom is 0.297 e. The van der Waals surface area contributed by atoms with Crippen LogP contribution < -0.4 is 0 Å². The lowest BCUT2D eigenvalue weighted by atomic mass is 10.2. The molecule has 0 fully saturated rings. The SMILES string of the molecule is COC(C=O)(COS(=O)(=O)c1ccc(C)cc1)OC. The number of hydrogen-bond donors (Lipinski definition) is 0. The Labute approximate surface area is 112 Å². The normalized spacial score (nSPS) is 12.4. The summed E-state index contributed by atoms with van der Waals surface area (Å²) in [7, 11) is -1.52. The number of carbonyl (C=O) groups excluding carboxylic acids is 1. The zero-order valence-corrected chi connectivity index (χ0v) is 11.8. The van der Waals surface area contributed by atoms with Crippen molar-refractivity contribution in [2.45, 2.75) is 17.6 Å². The van der Waals surface area contributed by atoms with Gasteiger partial charge in [0.1, 0.15) is 6.61 Å². The largest absolute Gasteiger partial charge is 0.345 e. The van der Waals surface area contributed by atoms with E-state index in [0.29, 0.717) is 6.29 Å². The summed E-state index contributed by atoms with van der Waals surface area (Å²) in [6.45, 7) is 1.28. The third kappa shape index (κ3) is 3.84. The van der Waals surface area contributed by atoms with E-state index in [4.69, 9.17) is 13.7 Å². The lowest BCUT2D eigenvalue weighted by Gasteiger charge is -2.23. The average Bonchev–Trinajstić information content (AvgIpc) is 2.41. The van der Waals surface area contributed by atoms with Gasteiger partial charge in [-0.2, -0.15) is 8.42 Å². The molecule has 0 aliphatic carbocycles. The van der Waals surface area contributed by atoms with Gasteiger partial charge in [0.2, 0.25) is 0 Å². The highest BCUT2D eigenvalue weighted by molar-refractivity contribution is 7.86. The molecule has 0 radical (unpaired) electrons. The number of aryl methyl sites for hydroxylation is 1. The van der Waals surface area contributed by atoms with Crippen LogP contribution >= 0.6 is 0 Å². The molecule has 0 bridgehead atoms. The molecule has 0 saturated heterocycles. The molecular weight excluding hydrogens is 272 g/mol. The van der Waals surface area contributed by atoms with Crippen LogP contribution in [0.25, 0.3) is 0 Å². The molecule has 1 rings (SSSR count). The zero-order valence-electron chi connectivity index (χ0n) is 11.0. The summed E-state index contributed by atoms with van der Waals surface area (Å²) in [4.78, 5) is 10.9. The summed E-state index contributed by atoms with van der Waals surface area (Å²) in [6.07, 6.45) is 0.345. The Bertz CT molecular complexity index is 516. The topological polar surface area (TPSA) is 78.9 Å². The summed E-state index contributed by atoms with van der Waals surface area (Å²) in [5.74, 6) is -1.72. The molecule has 0 spiro atoms. The van der Waals surface area contributed by atoms with Gasteiger partial charge in [0.15, 0.2) is 6.29 Å². The van der Waals surface area contributed by atoms with Crippen LogP contribution in [0, 0.1) is 6.92 Å². The lowest BCUT2D eigenvalue weighted by Crippen LogP contribution is -2.41. The van der Waals surface area contributed by atoms with Gasteiger partial charge >= 0.3 is 0 Å². The fourth-order valence-corrected chi connectivity index (χ4v) is 2.19. The van der Waals surface area contributed by atoms with Gasteiger partial charge in [0.05, 0.1) is 4.90 Å². The second-order valence-corrected chi connectivity index (χ2v) is 5.48. The Hall–Kier alpha value is -1.28. The minimum Gasteiger partial charge on any atom is -0.345 e. The first-order valence-electron chi connectivity index (χ1n) is 5.42. The van der Waals surface area contributed by atoms with Crippen LogP contribution in [0.1, 0.15) is 5.56 Å². The van der Waals surface area contributed by atoms with E-state index in [-0.39, 0.29) is 4.90 Å². The van der Waals surface area contributed by atoms with E-state index >= 15 is 0 Å². The highest BCUT2D eigenvalue weighted by Gasteiger charge is 2.32. The fourth-order valence-electron chi connectivity index (χ4n) is 1.26. The van der Waals surface area contributed by atoms with Crippen molar-refractivity contribution in [2.75, 3.05) is 20.8 Å². The van der Waals surface area contributed by atoms with Gasteiger partial charge in [-0.05, 0) is 19.1 Å². The van der Waals surface area contributed by atoms with Crippen LogP contribution in [0.2, 0.25) is 0 Å². The predicted octanol–water partition coefficient (Wildman–Crippen LogP) is 0.888. The maximum atomic E-state index is 11.9. The van der Waals surface area contributed by atoms with E-state index in [9.17, 15) is 13.2 Å². The van der Waals surface area contributed by atoms with Crippen molar-refractivity contribution in [3.05, 3.63) is 29.8 Å². The van der Waals surface area contributed by atoms with Crippen LogP contribution in [0.3, 0.4) is 0 Å². The van der Waals surface area contributed by atoms with Crippen molar-refractivity contribution in [1.82, 2.24) is 0 Å². The minimum atomic E-state index is -3.96. The van der Waals surface area contributed by atoms with E-state index in [1.54, 1.807) is 12.1 Å². The van der Waals surface area contributed by atoms with Crippen LogP contribution in [-0.4, -0.2) is 41.3 Å². The molecule has 0 saturated carbocycles. The second-order valence-electron chi connectivity index (χ2n) is 3.87. The molecule has 0 unspecified atom stereocenters. The van der Waals surface area contributed by atoms with E-state index in [2.05, 4.69) is 0 Å². The molecule has 19 heavy (non-hydrogen) atoms. The Morgan fingerprint density at radius 3 is 2.11 bits per heavy atom. The van der Waals surface area contributed by atoms with Crippen molar-refractivity contribution in [3.8, 4) is 0 Å². The molecule has 1 aromatic rings. The first-order chi connectivity index (χ1) is 8.89. The van der Waals surface area contributed by atoms with Crippen LogP contribution in [0.15, 0.2) is 29.2 Å². The van der Waals surface area contributed by atoms with Gasteiger partial charge in [0.25, 0.3) is 15.9 Å². The van der Waals surface area contributed by atoms with Crippen molar-refractivity contribution in [1.29, 1.82) is 0 Å². The van der Waals surface area contributed by atoms with Gasteiger partial charge in [-0.1, -0.05) is 17.7 Å².